The Balaban J connectivity index is 2.34. The number of rotatable bonds is 4. The maximum atomic E-state index is 11.6. The van der Waals surface area contributed by atoms with E-state index in [4.69, 9.17) is 0 Å². The van der Waals surface area contributed by atoms with Gasteiger partial charge in [0.05, 0.1) is 11.0 Å². The fourth-order valence-electron chi connectivity index (χ4n) is 1.84. The second-order valence-electron chi connectivity index (χ2n) is 4.48. The van der Waals surface area contributed by atoms with Crippen LogP contribution in [0.5, 0.6) is 0 Å². The van der Waals surface area contributed by atoms with Gasteiger partial charge in [0.15, 0.2) is 9.84 Å². The van der Waals surface area contributed by atoms with Crippen molar-refractivity contribution in [2.75, 3.05) is 5.75 Å². The Morgan fingerprint density at radius 2 is 2.00 bits per heavy atom. The van der Waals surface area contributed by atoms with Gasteiger partial charge in [-0.15, -0.1) is 0 Å². The summed E-state index contributed by atoms with van der Waals surface area (Å²) < 4.78 is 23.1. The van der Waals surface area contributed by atoms with Crippen molar-refractivity contribution >= 4 is 25.8 Å². The number of halogens is 1. The van der Waals surface area contributed by atoms with Crippen molar-refractivity contribution in [3.8, 4) is 0 Å². The fourth-order valence-corrected chi connectivity index (χ4v) is 3.77. The van der Waals surface area contributed by atoms with Crippen molar-refractivity contribution in [3.05, 3.63) is 0 Å². The molecule has 4 heteroatoms. The Morgan fingerprint density at radius 1 is 1.36 bits per heavy atom. The smallest absolute Gasteiger partial charge is 0.152 e. The van der Waals surface area contributed by atoms with Gasteiger partial charge in [0.1, 0.15) is 0 Å². The molecule has 1 aliphatic rings. The van der Waals surface area contributed by atoms with E-state index in [1.807, 2.05) is 0 Å². The average molecular weight is 283 g/mol. The Bertz CT molecular complexity index is 272. The quantitative estimate of drug-likeness (QED) is 0.743. The molecule has 0 radical (unpaired) electrons. The monoisotopic (exact) mass is 282 g/mol. The minimum Gasteiger partial charge on any atom is -0.229 e. The normalized spacial score (nSPS) is 28.6. The van der Waals surface area contributed by atoms with E-state index in [1.54, 1.807) is 13.8 Å². The standard InChI is InChI=1S/C10H19BrO2S/c1-8(2)14(12,13)6-5-9-3-4-10(11)7-9/h8-10H,3-7H2,1-2H3. The van der Waals surface area contributed by atoms with Gasteiger partial charge in [-0.1, -0.05) is 15.9 Å². The maximum Gasteiger partial charge on any atom is 0.152 e. The molecule has 1 aliphatic carbocycles. The summed E-state index contributed by atoms with van der Waals surface area (Å²) in [5, 5.41) is -0.219. The van der Waals surface area contributed by atoms with Crippen molar-refractivity contribution in [3.63, 3.8) is 0 Å². The van der Waals surface area contributed by atoms with Gasteiger partial charge in [0.25, 0.3) is 0 Å². The van der Waals surface area contributed by atoms with Crippen LogP contribution in [0.3, 0.4) is 0 Å². The van der Waals surface area contributed by atoms with E-state index >= 15 is 0 Å². The van der Waals surface area contributed by atoms with Crippen LogP contribution in [-0.4, -0.2) is 24.2 Å². The van der Waals surface area contributed by atoms with Gasteiger partial charge in [0.2, 0.25) is 0 Å². The van der Waals surface area contributed by atoms with Gasteiger partial charge < -0.3 is 0 Å². The molecule has 0 N–H and O–H groups in total. The molecule has 2 atom stereocenters. The third kappa shape index (κ3) is 3.54. The predicted octanol–water partition coefficient (Wildman–Crippen LogP) is 2.76. The van der Waals surface area contributed by atoms with E-state index in [0.717, 1.165) is 12.8 Å². The molecule has 0 aromatic rings. The molecule has 1 saturated carbocycles. The molecule has 0 saturated heterocycles. The summed E-state index contributed by atoms with van der Waals surface area (Å²) in [6.45, 7) is 3.52. The molecule has 0 aliphatic heterocycles. The second kappa shape index (κ2) is 4.97. The lowest BCUT2D eigenvalue weighted by molar-refractivity contribution is 0.520. The first-order valence-corrected chi connectivity index (χ1v) is 7.90. The highest BCUT2D eigenvalue weighted by Crippen LogP contribution is 2.33. The Hall–Kier alpha value is 0.430. The molecular formula is C10H19BrO2S. The van der Waals surface area contributed by atoms with E-state index in [0.29, 0.717) is 16.5 Å². The van der Waals surface area contributed by atoms with Gasteiger partial charge in [-0.2, -0.15) is 0 Å². The number of sulfone groups is 1. The third-order valence-corrected chi connectivity index (χ3v) is 6.08. The lowest BCUT2D eigenvalue weighted by Crippen LogP contribution is -2.19. The lowest BCUT2D eigenvalue weighted by Gasteiger charge is -2.11. The SMILES string of the molecule is CC(C)S(=O)(=O)CCC1CCC(Br)C1. The summed E-state index contributed by atoms with van der Waals surface area (Å²) in [6.07, 6.45) is 4.38. The van der Waals surface area contributed by atoms with E-state index in [1.165, 1.54) is 12.8 Å². The van der Waals surface area contributed by atoms with Crippen LogP contribution in [0.15, 0.2) is 0 Å². The van der Waals surface area contributed by atoms with Crippen LogP contribution in [0, 0.1) is 5.92 Å². The van der Waals surface area contributed by atoms with Crippen LogP contribution in [0.1, 0.15) is 39.5 Å². The number of hydrogen-bond donors (Lipinski definition) is 0. The number of alkyl halides is 1. The summed E-state index contributed by atoms with van der Waals surface area (Å²) in [5.41, 5.74) is 0. The molecule has 0 aromatic heterocycles. The van der Waals surface area contributed by atoms with Crippen LogP contribution < -0.4 is 0 Å². The van der Waals surface area contributed by atoms with Gasteiger partial charge in [0, 0.05) is 4.83 Å². The summed E-state index contributed by atoms with van der Waals surface area (Å²) in [7, 11) is -2.82. The second-order valence-corrected chi connectivity index (χ2v) is 8.45. The van der Waals surface area contributed by atoms with Crippen molar-refractivity contribution < 1.29 is 8.42 Å². The number of hydrogen-bond acceptors (Lipinski definition) is 2. The molecule has 0 amide bonds. The zero-order valence-corrected chi connectivity index (χ0v) is 11.3. The van der Waals surface area contributed by atoms with Crippen molar-refractivity contribution in [1.29, 1.82) is 0 Å². The Labute approximate surface area is 95.5 Å². The topological polar surface area (TPSA) is 34.1 Å². The van der Waals surface area contributed by atoms with Crippen molar-refractivity contribution in [2.45, 2.75) is 49.6 Å². The fraction of sp³-hybridized carbons (Fsp3) is 1.00. The summed E-state index contributed by atoms with van der Waals surface area (Å²) in [4.78, 5) is 0.620. The highest BCUT2D eigenvalue weighted by molar-refractivity contribution is 9.09. The molecular weight excluding hydrogens is 264 g/mol. The first-order chi connectivity index (χ1) is 6.42. The van der Waals surface area contributed by atoms with E-state index < -0.39 is 9.84 Å². The summed E-state index contributed by atoms with van der Waals surface area (Å²) in [6, 6.07) is 0. The maximum absolute atomic E-state index is 11.6. The van der Waals surface area contributed by atoms with Gasteiger partial charge >= 0.3 is 0 Å². The molecule has 0 heterocycles. The van der Waals surface area contributed by atoms with Crippen LogP contribution >= 0.6 is 15.9 Å². The van der Waals surface area contributed by atoms with E-state index in [9.17, 15) is 8.42 Å². The largest absolute Gasteiger partial charge is 0.229 e. The predicted molar refractivity (Wildman–Crippen MR) is 63.6 cm³/mol. The molecule has 0 bridgehead atoms. The van der Waals surface area contributed by atoms with Crippen LogP contribution in [-0.2, 0) is 9.84 Å². The molecule has 84 valence electrons. The Kier molecular flexibility index (Phi) is 4.44. The van der Waals surface area contributed by atoms with E-state index in [2.05, 4.69) is 15.9 Å². The van der Waals surface area contributed by atoms with Crippen LogP contribution in [0.2, 0.25) is 0 Å². The van der Waals surface area contributed by atoms with Gasteiger partial charge in [-0.05, 0) is 45.4 Å². The van der Waals surface area contributed by atoms with Crippen LogP contribution in [0.25, 0.3) is 0 Å². The zero-order valence-electron chi connectivity index (χ0n) is 8.87. The molecule has 2 unspecified atom stereocenters. The minimum absolute atomic E-state index is 0.219. The van der Waals surface area contributed by atoms with Gasteiger partial charge in [-0.3, -0.25) is 0 Å². The van der Waals surface area contributed by atoms with Crippen molar-refractivity contribution in [2.24, 2.45) is 5.92 Å². The van der Waals surface area contributed by atoms with Crippen molar-refractivity contribution in [1.82, 2.24) is 0 Å². The molecule has 1 rings (SSSR count). The molecule has 2 nitrogen and oxygen atoms in total. The average Bonchev–Trinajstić information content (AvgIpc) is 2.48. The molecule has 14 heavy (non-hydrogen) atoms. The summed E-state index contributed by atoms with van der Waals surface area (Å²) in [5.74, 6) is 0.989. The molecule has 0 aromatic carbocycles. The van der Waals surface area contributed by atoms with Crippen LogP contribution in [0.4, 0.5) is 0 Å². The first kappa shape index (κ1) is 12.5. The highest BCUT2D eigenvalue weighted by atomic mass is 79.9. The highest BCUT2D eigenvalue weighted by Gasteiger charge is 2.25. The molecule has 0 spiro atoms. The summed E-state index contributed by atoms with van der Waals surface area (Å²) >= 11 is 3.58. The molecule has 1 fully saturated rings. The Morgan fingerprint density at radius 3 is 2.43 bits per heavy atom. The third-order valence-electron chi connectivity index (χ3n) is 3.01. The zero-order chi connectivity index (χ0) is 10.8. The minimum atomic E-state index is -2.82. The first-order valence-electron chi connectivity index (χ1n) is 5.27. The van der Waals surface area contributed by atoms with Gasteiger partial charge in [-0.25, -0.2) is 8.42 Å². The lowest BCUT2D eigenvalue weighted by atomic mass is 10.1. The van der Waals surface area contributed by atoms with E-state index in [-0.39, 0.29) is 5.25 Å².